The first kappa shape index (κ1) is 11.1. The zero-order valence-electron chi connectivity index (χ0n) is 9.45. The van der Waals surface area contributed by atoms with Gasteiger partial charge in [-0.05, 0) is 38.8 Å². The van der Waals surface area contributed by atoms with Crippen LogP contribution in [-0.4, -0.2) is 22.6 Å². The largest absolute Gasteiger partial charge is 0.328 e. The summed E-state index contributed by atoms with van der Waals surface area (Å²) in [6, 6.07) is 0. The van der Waals surface area contributed by atoms with Crippen LogP contribution in [0.25, 0.3) is 0 Å². The van der Waals surface area contributed by atoms with Crippen LogP contribution < -0.4 is 16.6 Å². The van der Waals surface area contributed by atoms with Crippen molar-refractivity contribution in [1.82, 2.24) is 14.9 Å². The lowest BCUT2D eigenvalue weighted by Gasteiger charge is -2.23. The first-order valence-electron chi connectivity index (χ1n) is 5.68. The summed E-state index contributed by atoms with van der Waals surface area (Å²) in [7, 11) is 0. The number of nitrogens with zero attached hydrogens (tertiary/aromatic N) is 1. The molecule has 1 aromatic heterocycles. The average Bonchev–Trinajstić information content (AvgIpc) is 2.27. The van der Waals surface area contributed by atoms with Crippen LogP contribution in [0.5, 0.6) is 0 Å². The second kappa shape index (κ2) is 4.65. The number of aromatic amines is 1. The molecule has 5 nitrogen and oxygen atoms in total. The predicted molar refractivity (Wildman–Crippen MR) is 61.7 cm³/mol. The Balaban J connectivity index is 2.17. The molecule has 1 aromatic rings. The Kier molecular flexibility index (Phi) is 3.24. The van der Waals surface area contributed by atoms with Crippen LogP contribution in [0.1, 0.15) is 18.4 Å². The molecule has 88 valence electrons. The molecule has 0 bridgehead atoms. The summed E-state index contributed by atoms with van der Waals surface area (Å²) in [4.78, 5) is 25.1. The monoisotopic (exact) mass is 223 g/mol. The molecule has 0 aliphatic carbocycles. The topological polar surface area (TPSA) is 66.9 Å². The van der Waals surface area contributed by atoms with Gasteiger partial charge >= 0.3 is 5.69 Å². The molecular formula is C11H17N3O2. The van der Waals surface area contributed by atoms with E-state index in [1.165, 1.54) is 0 Å². The van der Waals surface area contributed by atoms with E-state index in [0.29, 0.717) is 18.0 Å². The van der Waals surface area contributed by atoms with E-state index in [2.05, 4.69) is 10.3 Å². The Labute approximate surface area is 93.5 Å². The maximum Gasteiger partial charge on any atom is 0.328 e. The van der Waals surface area contributed by atoms with E-state index >= 15 is 0 Å². The third kappa shape index (κ3) is 2.41. The third-order valence-corrected chi connectivity index (χ3v) is 3.04. The summed E-state index contributed by atoms with van der Waals surface area (Å²) in [5.41, 5.74) is -0.00689. The fourth-order valence-electron chi connectivity index (χ4n) is 2.11. The average molecular weight is 223 g/mol. The molecular weight excluding hydrogens is 206 g/mol. The van der Waals surface area contributed by atoms with Crippen molar-refractivity contribution in [1.29, 1.82) is 0 Å². The Morgan fingerprint density at radius 1 is 1.50 bits per heavy atom. The third-order valence-electron chi connectivity index (χ3n) is 3.04. The number of rotatable bonds is 2. The first-order chi connectivity index (χ1) is 7.66. The number of hydrogen-bond donors (Lipinski definition) is 2. The van der Waals surface area contributed by atoms with Crippen LogP contribution in [-0.2, 0) is 6.54 Å². The van der Waals surface area contributed by atoms with Gasteiger partial charge in [-0.2, -0.15) is 0 Å². The highest BCUT2D eigenvalue weighted by molar-refractivity contribution is 5.00. The van der Waals surface area contributed by atoms with Crippen LogP contribution in [0.15, 0.2) is 15.8 Å². The summed E-state index contributed by atoms with van der Waals surface area (Å²) >= 11 is 0. The Morgan fingerprint density at radius 3 is 3.00 bits per heavy atom. The van der Waals surface area contributed by atoms with Crippen molar-refractivity contribution >= 4 is 0 Å². The van der Waals surface area contributed by atoms with Gasteiger partial charge in [0.25, 0.3) is 5.56 Å². The van der Waals surface area contributed by atoms with Crippen molar-refractivity contribution < 1.29 is 0 Å². The van der Waals surface area contributed by atoms with Gasteiger partial charge in [0.1, 0.15) is 0 Å². The van der Waals surface area contributed by atoms with Gasteiger partial charge in [-0.15, -0.1) is 0 Å². The zero-order chi connectivity index (χ0) is 11.5. The molecule has 1 fully saturated rings. The molecule has 1 saturated heterocycles. The molecule has 16 heavy (non-hydrogen) atoms. The minimum atomic E-state index is -0.304. The van der Waals surface area contributed by atoms with E-state index < -0.39 is 0 Å². The highest BCUT2D eigenvalue weighted by Gasteiger charge is 2.14. The van der Waals surface area contributed by atoms with Crippen LogP contribution in [0, 0.1) is 12.8 Å². The minimum Gasteiger partial charge on any atom is -0.316 e. The Hall–Kier alpha value is -1.36. The van der Waals surface area contributed by atoms with Crippen LogP contribution in [0.2, 0.25) is 0 Å². The number of aromatic nitrogens is 2. The molecule has 1 aliphatic rings. The normalized spacial score (nSPS) is 20.9. The summed E-state index contributed by atoms with van der Waals surface area (Å²) in [5.74, 6) is 0.483. The quantitative estimate of drug-likeness (QED) is 0.732. The van der Waals surface area contributed by atoms with Crippen LogP contribution >= 0.6 is 0 Å². The molecule has 2 rings (SSSR count). The van der Waals surface area contributed by atoms with Crippen molar-refractivity contribution in [3.63, 3.8) is 0 Å². The Morgan fingerprint density at radius 2 is 2.31 bits per heavy atom. The molecule has 0 aromatic carbocycles. The molecule has 1 atom stereocenters. The summed E-state index contributed by atoms with van der Waals surface area (Å²) < 4.78 is 1.61. The van der Waals surface area contributed by atoms with Gasteiger partial charge in [-0.3, -0.25) is 9.78 Å². The maximum atomic E-state index is 11.6. The summed E-state index contributed by atoms with van der Waals surface area (Å²) in [6.45, 7) is 4.41. The van der Waals surface area contributed by atoms with E-state index in [9.17, 15) is 9.59 Å². The van der Waals surface area contributed by atoms with E-state index in [1.807, 2.05) is 0 Å². The SMILES string of the molecule is Cc1cn(CC2CCCNC2)c(=O)[nH]c1=O. The summed E-state index contributed by atoms with van der Waals surface area (Å²) in [5, 5.41) is 3.31. The summed E-state index contributed by atoms with van der Waals surface area (Å²) in [6.07, 6.45) is 3.94. The molecule has 5 heteroatoms. The highest BCUT2D eigenvalue weighted by atomic mass is 16.2. The number of hydrogen-bond acceptors (Lipinski definition) is 3. The van der Waals surface area contributed by atoms with Gasteiger partial charge in [0, 0.05) is 18.3 Å². The van der Waals surface area contributed by atoms with Gasteiger partial charge in [-0.25, -0.2) is 4.79 Å². The van der Waals surface area contributed by atoms with Gasteiger partial charge in [0.2, 0.25) is 0 Å². The van der Waals surface area contributed by atoms with E-state index in [-0.39, 0.29) is 11.2 Å². The predicted octanol–water partition coefficient (Wildman–Crippen LogP) is -0.155. The molecule has 0 radical (unpaired) electrons. The van der Waals surface area contributed by atoms with Crippen molar-refractivity contribution in [2.45, 2.75) is 26.3 Å². The second-order valence-electron chi connectivity index (χ2n) is 4.44. The number of H-pyrrole nitrogens is 1. The number of nitrogens with one attached hydrogen (secondary N) is 2. The van der Waals surface area contributed by atoms with Crippen molar-refractivity contribution in [3.8, 4) is 0 Å². The first-order valence-corrected chi connectivity index (χ1v) is 5.68. The lowest BCUT2D eigenvalue weighted by atomic mass is 10.00. The zero-order valence-corrected chi connectivity index (χ0v) is 9.45. The van der Waals surface area contributed by atoms with Crippen molar-refractivity contribution in [2.75, 3.05) is 13.1 Å². The molecule has 0 amide bonds. The van der Waals surface area contributed by atoms with Gasteiger partial charge < -0.3 is 9.88 Å². The minimum absolute atomic E-state index is 0.289. The van der Waals surface area contributed by atoms with Crippen molar-refractivity contribution in [3.05, 3.63) is 32.6 Å². The molecule has 2 heterocycles. The lowest BCUT2D eigenvalue weighted by molar-refractivity contribution is 0.331. The van der Waals surface area contributed by atoms with E-state index in [4.69, 9.17) is 0 Å². The van der Waals surface area contributed by atoms with Gasteiger partial charge in [0.15, 0.2) is 0 Å². The molecule has 1 unspecified atom stereocenters. The molecule has 0 saturated carbocycles. The van der Waals surface area contributed by atoms with Crippen LogP contribution in [0.4, 0.5) is 0 Å². The fraction of sp³-hybridized carbons (Fsp3) is 0.636. The standard InChI is InChI=1S/C11H17N3O2/c1-8-6-14(11(16)13-10(8)15)7-9-3-2-4-12-5-9/h6,9,12H,2-5,7H2,1H3,(H,13,15,16). The second-order valence-corrected chi connectivity index (χ2v) is 4.44. The molecule has 0 spiro atoms. The maximum absolute atomic E-state index is 11.6. The van der Waals surface area contributed by atoms with Crippen LogP contribution in [0.3, 0.4) is 0 Å². The van der Waals surface area contributed by atoms with E-state index in [0.717, 1.165) is 25.9 Å². The van der Waals surface area contributed by atoms with Gasteiger partial charge in [-0.1, -0.05) is 0 Å². The van der Waals surface area contributed by atoms with Gasteiger partial charge in [0.05, 0.1) is 0 Å². The number of aryl methyl sites for hydroxylation is 1. The fourth-order valence-corrected chi connectivity index (χ4v) is 2.11. The van der Waals surface area contributed by atoms with Crippen molar-refractivity contribution in [2.24, 2.45) is 5.92 Å². The lowest BCUT2D eigenvalue weighted by Crippen LogP contribution is -2.37. The smallest absolute Gasteiger partial charge is 0.316 e. The number of piperidine rings is 1. The molecule has 2 N–H and O–H groups in total. The van der Waals surface area contributed by atoms with E-state index in [1.54, 1.807) is 17.7 Å². The Bertz CT molecular complexity index is 469. The molecule has 1 aliphatic heterocycles. The highest BCUT2D eigenvalue weighted by Crippen LogP contribution is 2.11.